The van der Waals surface area contributed by atoms with Gasteiger partial charge in [-0.3, -0.25) is 14.4 Å². The Labute approximate surface area is 150 Å². The molecule has 2 N–H and O–H groups in total. The fraction of sp³-hybridized carbons (Fsp3) is 0.412. The van der Waals surface area contributed by atoms with Gasteiger partial charge in [-0.25, -0.2) is 9.18 Å². The van der Waals surface area contributed by atoms with E-state index in [1.807, 2.05) is 0 Å². The van der Waals surface area contributed by atoms with Crippen molar-refractivity contribution in [3.8, 4) is 0 Å². The van der Waals surface area contributed by atoms with Crippen LogP contribution in [0.5, 0.6) is 0 Å². The molecule has 0 bridgehead atoms. The summed E-state index contributed by atoms with van der Waals surface area (Å²) in [5.41, 5.74) is 0.600. The van der Waals surface area contributed by atoms with E-state index in [-0.39, 0.29) is 6.42 Å². The van der Waals surface area contributed by atoms with Crippen LogP contribution in [0, 0.1) is 5.82 Å². The zero-order chi connectivity index (χ0) is 19.7. The molecule has 8 nitrogen and oxygen atoms in total. The Morgan fingerprint density at radius 2 is 1.62 bits per heavy atom. The molecule has 0 radical (unpaired) electrons. The molecule has 26 heavy (non-hydrogen) atoms. The molecule has 0 saturated heterocycles. The summed E-state index contributed by atoms with van der Waals surface area (Å²) >= 11 is 0. The first kappa shape index (κ1) is 21.1. The number of hydrogen-bond acceptors (Lipinski definition) is 6. The molecular formula is C17H21FN2O6. The fourth-order valence-electron chi connectivity index (χ4n) is 2.17. The predicted molar refractivity (Wildman–Crippen MR) is 88.3 cm³/mol. The topological polar surface area (TPSA) is 111 Å². The number of esters is 2. The third kappa shape index (κ3) is 6.88. The molecule has 142 valence electrons. The minimum atomic E-state index is -1.26. The Kier molecular flexibility index (Phi) is 8.20. The zero-order valence-corrected chi connectivity index (χ0v) is 14.7. The van der Waals surface area contributed by atoms with E-state index in [2.05, 4.69) is 20.1 Å². The van der Waals surface area contributed by atoms with Crippen LogP contribution in [0.3, 0.4) is 0 Å². The van der Waals surface area contributed by atoms with E-state index in [9.17, 15) is 23.6 Å². The molecule has 0 aliphatic rings. The van der Waals surface area contributed by atoms with E-state index in [4.69, 9.17) is 0 Å². The van der Waals surface area contributed by atoms with Crippen molar-refractivity contribution in [2.75, 3.05) is 14.2 Å². The Bertz CT molecular complexity index is 662. The van der Waals surface area contributed by atoms with Crippen LogP contribution in [-0.2, 0) is 35.1 Å². The first-order chi connectivity index (χ1) is 12.3. The summed E-state index contributed by atoms with van der Waals surface area (Å²) in [4.78, 5) is 47.1. The maximum absolute atomic E-state index is 13.0. The van der Waals surface area contributed by atoms with Gasteiger partial charge in [0, 0.05) is 13.3 Å². The molecule has 1 aromatic carbocycles. The summed E-state index contributed by atoms with van der Waals surface area (Å²) in [6.45, 7) is 1.23. The van der Waals surface area contributed by atoms with Gasteiger partial charge in [-0.2, -0.15) is 0 Å². The third-order valence-electron chi connectivity index (χ3n) is 3.45. The highest BCUT2D eigenvalue weighted by molar-refractivity contribution is 5.92. The summed E-state index contributed by atoms with van der Waals surface area (Å²) in [6, 6.07) is 3.12. The number of halogens is 1. The van der Waals surface area contributed by atoms with Gasteiger partial charge in [0.15, 0.2) is 0 Å². The van der Waals surface area contributed by atoms with E-state index in [1.54, 1.807) is 0 Å². The molecule has 0 spiro atoms. The van der Waals surface area contributed by atoms with Crippen molar-refractivity contribution >= 4 is 23.8 Å². The third-order valence-corrected chi connectivity index (χ3v) is 3.45. The lowest BCUT2D eigenvalue weighted by Crippen LogP contribution is -2.52. The van der Waals surface area contributed by atoms with E-state index >= 15 is 0 Å². The fourth-order valence-corrected chi connectivity index (χ4v) is 2.17. The van der Waals surface area contributed by atoms with Gasteiger partial charge in [0.05, 0.1) is 20.6 Å². The minimum absolute atomic E-state index is 0.0673. The number of carbonyl (C=O) groups excluding carboxylic acids is 4. The Hall–Kier alpha value is -2.97. The van der Waals surface area contributed by atoms with Gasteiger partial charge in [-0.1, -0.05) is 12.1 Å². The van der Waals surface area contributed by atoms with E-state index in [0.29, 0.717) is 5.56 Å². The molecule has 2 amide bonds. The lowest BCUT2D eigenvalue weighted by Gasteiger charge is -2.21. The van der Waals surface area contributed by atoms with Gasteiger partial charge in [0.2, 0.25) is 11.8 Å². The van der Waals surface area contributed by atoms with Crippen LogP contribution in [0.15, 0.2) is 24.3 Å². The summed E-state index contributed by atoms with van der Waals surface area (Å²) in [5.74, 6) is -3.13. The van der Waals surface area contributed by atoms with Crippen molar-refractivity contribution in [2.24, 2.45) is 0 Å². The Morgan fingerprint density at radius 1 is 1.00 bits per heavy atom. The molecule has 2 atom stereocenters. The van der Waals surface area contributed by atoms with Crippen LogP contribution in [0.2, 0.25) is 0 Å². The van der Waals surface area contributed by atoms with E-state index in [1.165, 1.54) is 31.2 Å². The summed E-state index contributed by atoms with van der Waals surface area (Å²) in [6.07, 6.45) is -0.351. The normalized spacial score (nSPS) is 12.5. The van der Waals surface area contributed by atoms with Crippen LogP contribution < -0.4 is 10.6 Å². The molecule has 0 fully saturated rings. The van der Waals surface area contributed by atoms with Crippen LogP contribution in [0.25, 0.3) is 0 Å². The van der Waals surface area contributed by atoms with Crippen molar-refractivity contribution in [1.29, 1.82) is 0 Å². The molecule has 9 heteroatoms. The van der Waals surface area contributed by atoms with E-state index in [0.717, 1.165) is 14.2 Å². The number of methoxy groups -OCH3 is 2. The van der Waals surface area contributed by atoms with E-state index < -0.39 is 48.1 Å². The summed E-state index contributed by atoms with van der Waals surface area (Å²) in [5, 5.41) is 4.83. The average Bonchev–Trinajstić information content (AvgIpc) is 2.61. The number of rotatable bonds is 8. The first-order valence-electron chi connectivity index (χ1n) is 7.73. The second kappa shape index (κ2) is 10.1. The van der Waals surface area contributed by atoms with Gasteiger partial charge in [0.1, 0.15) is 17.9 Å². The van der Waals surface area contributed by atoms with Crippen molar-refractivity contribution in [3.05, 3.63) is 35.6 Å². The van der Waals surface area contributed by atoms with Gasteiger partial charge in [-0.05, 0) is 17.7 Å². The van der Waals surface area contributed by atoms with Gasteiger partial charge < -0.3 is 20.1 Å². The van der Waals surface area contributed by atoms with Crippen LogP contribution in [-0.4, -0.2) is 50.1 Å². The van der Waals surface area contributed by atoms with Crippen LogP contribution in [0.4, 0.5) is 4.39 Å². The lowest BCUT2D eigenvalue weighted by atomic mass is 10.0. The SMILES string of the molecule is COC(=O)C[C@H](NC(=O)[C@@H](Cc1ccc(F)cc1)NC(C)=O)C(=O)OC. The smallest absolute Gasteiger partial charge is 0.328 e. The number of ether oxygens (including phenoxy) is 2. The molecule has 0 unspecified atom stereocenters. The number of carbonyl (C=O) groups is 4. The highest BCUT2D eigenvalue weighted by atomic mass is 19.1. The maximum Gasteiger partial charge on any atom is 0.328 e. The monoisotopic (exact) mass is 368 g/mol. The standard InChI is InChI=1S/C17H21FN2O6/c1-10(21)19-13(8-11-4-6-12(18)7-5-11)16(23)20-14(17(24)26-3)9-15(22)25-2/h4-7,13-14H,8-9H2,1-3H3,(H,19,21)(H,20,23)/t13-,14+/m1/s1. The molecular weight excluding hydrogens is 347 g/mol. The number of nitrogens with one attached hydrogen (secondary N) is 2. The zero-order valence-electron chi connectivity index (χ0n) is 14.7. The highest BCUT2D eigenvalue weighted by Gasteiger charge is 2.29. The Morgan fingerprint density at radius 3 is 2.12 bits per heavy atom. The molecule has 0 saturated carbocycles. The first-order valence-corrected chi connectivity index (χ1v) is 7.73. The molecule has 0 aromatic heterocycles. The van der Waals surface area contributed by atoms with Crippen molar-refractivity contribution in [3.63, 3.8) is 0 Å². The number of amides is 2. The minimum Gasteiger partial charge on any atom is -0.469 e. The van der Waals surface area contributed by atoms with Gasteiger partial charge in [-0.15, -0.1) is 0 Å². The van der Waals surface area contributed by atoms with Gasteiger partial charge in [0.25, 0.3) is 0 Å². The average molecular weight is 368 g/mol. The van der Waals surface area contributed by atoms with Crippen LogP contribution in [0.1, 0.15) is 18.9 Å². The largest absolute Gasteiger partial charge is 0.469 e. The quantitative estimate of drug-likeness (QED) is 0.630. The molecule has 0 aliphatic heterocycles. The number of benzene rings is 1. The summed E-state index contributed by atoms with van der Waals surface area (Å²) < 4.78 is 22.0. The predicted octanol–water partition coefficient (Wildman–Crippen LogP) is 0.0938. The van der Waals surface area contributed by atoms with Gasteiger partial charge >= 0.3 is 11.9 Å². The molecule has 1 aromatic rings. The van der Waals surface area contributed by atoms with Crippen molar-refractivity contribution in [1.82, 2.24) is 10.6 Å². The Balaban J connectivity index is 2.91. The highest BCUT2D eigenvalue weighted by Crippen LogP contribution is 2.07. The second-order valence-electron chi connectivity index (χ2n) is 5.45. The van der Waals surface area contributed by atoms with Crippen LogP contribution >= 0.6 is 0 Å². The number of hydrogen-bond donors (Lipinski definition) is 2. The van der Waals surface area contributed by atoms with Crippen molar-refractivity contribution in [2.45, 2.75) is 31.8 Å². The second-order valence-corrected chi connectivity index (χ2v) is 5.45. The molecule has 0 heterocycles. The lowest BCUT2D eigenvalue weighted by molar-refractivity contribution is -0.151. The molecule has 1 rings (SSSR count). The maximum atomic E-state index is 13.0. The molecule has 0 aliphatic carbocycles. The summed E-state index contributed by atoms with van der Waals surface area (Å²) in [7, 11) is 2.26. The van der Waals surface area contributed by atoms with Crippen molar-refractivity contribution < 1.29 is 33.0 Å².